The molecule has 0 unspecified atom stereocenters. The molecule has 0 rings (SSSR count). The van der Waals surface area contributed by atoms with E-state index in [9.17, 15) is 4.79 Å². The van der Waals surface area contributed by atoms with E-state index in [1.54, 1.807) is 0 Å². The fraction of sp³-hybridized carbons (Fsp3) is 0.889. The molecule has 1 N–H and O–H groups in total. The van der Waals surface area contributed by atoms with Gasteiger partial charge in [0.15, 0.2) is 0 Å². The Morgan fingerprint density at radius 3 is 2.64 bits per heavy atom. The van der Waals surface area contributed by atoms with E-state index in [2.05, 4.69) is 47.3 Å². The van der Waals surface area contributed by atoms with Gasteiger partial charge in [0.2, 0.25) is 0 Å². The molecule has 3 nitrogen and oxygen atoms in total. The smallest absolute Gasteiger partial charge is 0.323 e. The molecule has 0 aliphatic carbocycles. The molecule has 0 saturated heterocycles. The number of alkyl halides is 1. The molecule has 0 heterocycles. The molecule has 0 fully saturated rings. The van der Waals surface area contributed by atoms with E-state index < -0.39 is 0 Å². The lowest BCUT2D eigenvalue weighted by atomic mass is 10.1. The molecule has 5 heteroatoms. The predicted molar refractivity (Wildman–Crippen MR) is 64.7 cm³/mol. The first kappa shape index (κ1) is 14.3. The molecule has 0 aromatic rings. The summed E-state index contributed by atoms with van der Waals surface area (Å²) in [4.78, 5) is 11.4. The van der Waals surface area contributed by atoms with Crippen molar-refractivity contribution in [2.45, 2.75) is 32.7 Å². The Morgan fingerprint density at radius 1 is 1.57 bits per heavy atom. The van der Waals surface area contributed by atoms with Crippen LogP contribution in [0, 0.1) is 5.92 Å². The van der Waals surface area contributed by atoms with Gasteiger partial charge in [0.05, 0.1) is 6.61 Å². The van der Waals surface area contributed by atoms with Gasteiger partial charge in [-0.1, -0.05) is 42.6 Å². The summed E-state index contributed by atoms with van der Waals surface area (Å²) < 4.78 is 7.72. The number of hydrogen-bond acceptors (Lipinski definition) is 4. The van der Waals surface area contributed by atoms with Crippen molar-refractivity contribution in [3.05, 3.63) is 0 Å². The third kappa shape index (κ3) is 6.68. The van der Waals surface area contributed by atoms with E-state index in [0.29, 0.717) is 12.5 Å². The minimum atomic E-state index is -0.298. The van der Waals surface area contributed by atoms with Gasteiger partial charge in [0.25, 0.3) is 0 Å². The van der Waals surface area contributed by atoms with E-state index in [0.717, 1.165) is 18.2 Å². The molecule has 0 spiro atoms. The minimum Gasteiger partial charge on any atom is -0.464 e. The second-order valence-corrected chi connectivity index (χ2v) is 4.57. The van der Waals surface area contributed by atoms with Crippen LogP contribution in [0.4, 0.5) is 0 Å². The molecule has 0 radical (unpaired) electrons. The summed E-state index contributed by atoms with van der Waals surface area (Å²) in [6.07, 6.45) is 1.59. The zero-order chi connectivity index (χ0) is 11.0. The molecule has 84 valence electrons. The fourth-order valence-corrected chi connectivity index (χ4v) is 1.44. The van der Waals surface area contributed by atoms with Crippen molar-refractivity contribution in [2.75, 3.05) is 11.9 Å². The molecule has 1 atom stereocenters. The van der Waals surface area contributed by atoms with E-state index in [1.165, 1.54) is 0 Å². The summed E-state index contributed by atoms with van der Waals surface area (Å²) in [6, 6.07) is -0.298. The Hall–Kier alpha value is 0.260. The largest absolute Gasteiger partial charge is 0.464 e. The van der Waals surface area contributed by atoms with Gasteiger partial charge >= 0.3 is 5.97 Å². The van der Waals surface area contributed by atoms with Crippen LogP contribution in [0.2, 0.25) is 0 Å². The third-order valence-electron chi connectivity index (χ3n) is 1.67. The van der Waals surface area contributed by atoms with Crippen LogP contribution in [0.25, 0.3) is 0 Å². The van der Waals surface area contributed by atoms with Crippen molar-refractivity contribution in [1.82, 2.24) is 4.72 Å². The number of hydrogen-bond donors (Lipinski definition) is 2. The zero-order valence-electron chi connectivity index (χ0n) is 8.62. The average molecular weight is 284 g/mol. The fourth-order valence-electron chi connectivity index (χ4n) is 1.00. The van der Waals surface area contributed by atoms with Crippen molar-refractivity contribution < 1.29 is 9.53 Å². The van der Waals surface area contributed by atoms with Gasteiger partial charge < -0.3 is 4.74 Å². The normalized spacial score (nSPS) is 12.9. The van der Waals surface area contributed by atoms with Crippen LogP contribution in [-0.4, -0.2) is 23.9 Å². The zero-order valence-corrected chi connectivity index (χ0v) is 11.1. The Labute approximate surface area is 99.6 Å². The lowest BCUT2D eigenvalue weighted by Crippen LogP contribution is -2.34. The van der Waals surface area contributed by atoms with E-state index in [-0.39, 0.29) is 12.0 Å². The topological polar surface area (TPSA) is 38.3 Å². The van der Waals surface area contributed by atoms with Gasteiger partial charge in [0.1, 0.15) is 6.04 Å². The average Bonchev–Trinajstić information content (AvgIpc) is 2.14. The number of thiol groups is 1. The third-order valence-corrected chi connectivity index (χ3v) is 2.54. The van der Waals surface area contributed by atoms with Gasteiger partial charge in [-0.05, 0) is 18.8 Å². The molecule has 0 amide bonds. The molecule has 0 saturated carbocycles. The number of rotatable bonds is 7. The Kier molecular flexibility index (Phi) is 8.72. The van der Waals surface area contributed by atoms with Crippen LogP contribution in [0.5, 0.6) is 0 Å². The number of esters is 1. The van der Waals surface area contributed by atoms with Crippen molar-refractivity contribution in [2.24, 2.45) is 5.92 Å². The van der Waals surface area contributed by atoms with Gasteiger partial charge in [0, 0.05) is 5.33 Å². The maximum absolute atomic E-state index is 11.4. The highest BCUT2D eigenvalue weighted by molar-refractivity contribution is 9.09. The van der Waals surface area contributed by atoms with Crippen LogP contribution < -0.4 is 4.72 Å². The minimum absolute atomic E-state index is 0.213. The summed E-state index contributed by atoms with van der Waals surface area (Å²) in [7, 11) is 0. The predicted octanol–water partition coefficient (Wildman–Crippen LogP) is 2.16. The quantitative estimate of drug-likeness (QED) is 0.326. The molecular weight excluding hydrogens is 266 g/mol. The summed E-state index contributed by atoms with van der Waals surface area (Å²) in [5.41, 5.74) is 0. The first-order valence-corrected chi connectivity index (χ1v) is 6.31. The highest BCUT2D eigenvalue weighted by Gasteiger charge is 2.19. The highest BCUT2D eigenvalue weighted by Crippen LogP contribution is 2.07. The van der Waals surface area contributed by atoms with Crippen molar-refractivity contribution in [3.63, 3.8) is 0 Å². The van der Waals surface area contributed by atoms with Crippen LogP contribution in [0.15, 0.2) is 0 Å². The Bertz CT molecular complexity index is 167. The molecule has 0 aromatic heterocycles. The highest BCUT2D eigenvalue weighted by atomic mass is 79.9. The van der Waals surface area contributed by atoms with Crippen molar-refractivity contribution in [3.8, 4) is 0 Å². The van der Waals surface area contributed by atoms with Crippen LogP contribution in [0.3, 0.4) is 0 Å². The second-order valence-electron chi connectivity index (χ2n) is 3.52. The number of nitrogens with one attached hydrogen (secondary N) is 1. The van der Waals surface area contributed by atoms with E-state index in [1.807, 2.05) is 0 Å². The van der Waals surface area contributed by atoms with Gasteiger partial charge in [-0.15, -0.1) is 0 Å². The van der Waals surface area contributed by atoms with Crippen LogP contribution in [0.1, 0.15) is 26.7 Å². The van der Waals surface area contributed by atoms with Crippen LogP contribution in [-0.2, 0) is 9.53 Å². The Balaban J connectivity index is 3.79. The van der Waals surface area contributed by atoms with Gasteiger partial charge in [-0.2, -0.15) is 0 Å². The van der Waals surface area contributed by atoms with Crippen molar-refractivity contribution >= 4 is 34.7 Å². The van der Waals surface area contributed by atoms with Crippen molar-refractivity contribution in [1.29, 1.82) is 0 Å². The second kappa shape index (κ2) is 8.56. The molecular formula is C9H18BrNO2S. The number of carbonyl (C=O) groups excluding carboxylic acids is 1. The lowest BCUT2D eigenvalue weighted by Gasteiger charge is -2.16. The first-order chi connectivity index (χ1) is 6.61. The molecule has 0 aromatic carbocycles. The standard InChI is InChI=1S/C9H18BrNO2S/c1-7(2)6-8(11-14)9(12)13-5-3-4-10/h7-8,11,14H,3-6H2,1-2H3/t8-/m0/s1. The van der Waals surface area contributed by atoms with Gasteiger partial charge in [-0.25, -0.2) is 0 Å². The summed E-state index contributed by atoms with van der Waals surface area (Å²) in [5.74, 6) is 0.234. The monoisotopic (exact) mass is 283 g/mol. The molecule has 14 heavy (non-hydrogen) atoms. The number of halogens is 1. The van der Waals surface area contributed by atoms with E-state index >= 15 is 0 Å². The summed E-state index contributed by atoms with van der Waals surface area (Å²) >= 11 is 7.19. The first-order valence-electron chi connectivity index (χ1n) is 4.74. The number of carbonyl (C=O) groups is 1. The van der Waals surface area contributed by atoms with E-state index in [4.69, 9.17) is 4.74 Å². The molecule has 0 aliphatic rings. The molecule has 0 bridgehead atoms. The van der Waals surface area contributed by atoms with Gasteiger partial charge in [-0.3, -0.25) is 9.52 Å². The summed E-state index contributed by atoms with van der Waals surface area (Å²) in [5, 5.41) is 0.851. The van der Waals surface area contributed by atoms with Crippen LogP contribution >= 0.6 is 28.7 Å². The maximum Gasteiger partial charge on any atom is 0.323 e. The number of ether oxygens (including phenoxy) is 1. The summed E-state index contributed by atoms with van der Waals surface area (Å²) in [6.45, 7) is 4.59. The Morgan fingerprint density at radius 2 is 2.21 bits per heavy atom. The molecule has 0 aliphatic heterocycles. The lowest BCUT2D eigenvalue weighted by molar-refractivity contribution is -0.145. The maximum atomic E-state index is 11.4. The SMILES string of the molecule is CC(C)C[C@H](NS)C(=O)OCCCBr.